The maximum atomic E-state index is 5.32. The molecule has 5 rings (SSSR count). The number of aromatic nitrogens is 3. The van der Waals surface area contributed by atoms with Crippen molar-refractivity contribution >= 4 is 22.7 Å². The lowest BCUT2D eigenvalue weighted by Gasteiger charge is -2.26. The summed E-state index contributed by atoms with van der Waals surface area (Å²) >= 11 is 0. The summed E-state index contributed by atoms with van der Waals surface area (Å²) in [5, 5.41) is 3.47. The fourth-order valence-corrected chi connectivity index (χ4v) is 3.55. The van der Waals surface area contributed by atoms with E-state index in [1.807, 2.05) is 42.6 Å². The molecule has 0 bridgehead atoms. The molecule has 0 amide bonds. The number of methoxy groups -OCH3 is 1. The van der Waals surface area contributed by atoms with Gasteiger partial charge in [-0.15, -0.1) is 0 Å². The third-order valence-electron chi connectivity index (χ3n) is 4.87. The molecule has 0 saturated heterocycles. The molecule has 0 saturated carbocycles. The maximum Gasteiger partial charge on any atom is 0.209 e. The average Bonchev–Trinajstić information content (AvgIpc) is 3.12. The summed E-state index contributed by atoms with van der Waals surface area (Å²) in [6.07, 6.45) is 5.87. The van der Waals surface area contributed by atoms with Gasteiger partial charge in [-0.25, -0.2) is 4.98 Å². The summed E-state index contributed by atoms with van der Waals surface area (Å²) in [6, 6.07) is 20.4. The van der Waals surface area contributed by atoms with E-state index in [0.717, 1.165) is 34.0 Å². The summed E-state index contributed by atoms with van der Waals surface area (Å²) in [6.45, 7) is 0. The number of anilines is 1. The van der Waals surface area contributed by atoms with E-state index in [1.165, 1.54) is 5.56 Å². The van der Waals surface area contributed by atoms with E-state index in [1.54, 1.807) is 13.3 Å². The SMILES string of the molecule is COc1ccc([C@H]2C=C(c3cccnc3)Nc3nc4ccccc4n32)cc1. The first-order valence-electron chi connectivity index (χ1n) is 8.83. The quantitative estimate of drug-likeness (QED) is 0.589. The number of ether oxygens (including phenoxy) is 1. The van der Waals surface area contributed by atoms with E-state index in [0.29, 0.717) is 0 Å². The smallest absolute Gasteiger partial charge is 0.209 e. The van der Waals surface area contributed by atoms with Crippen molar-refractivity contribution in [2.45, 2.75) is 6.04 Å². The molecule has 5 heteroatoms. The first-order chi connectivity index (χ1) is 13.3. The van der Waals surface area contributed by atoms with Crippen LogP contribution in [0.15, 0.2) is 79.1 Å². The van der Waals surface area contributed by atoms with Crippen molar-refractivity contribution in [1.82, 2.24) is 14.5 Å². The minimum absolute atomic E-state index is 0.0229. The summed E-state index contributed by atoms with van der Waals surface area (Å²) in [5.41, 5.74) is 5.28. The van der Waals surface area contributed by atoms with E-state index in [4.69, 9.17) is 9.72 Å². The van der Waals surface area contributed by atoms with Crippen molar-refractivity contribution in [3.05, 3.63) is 90.3 Å². The number of benzene rings is 2. The Morgan fingerprint density at radius 2 is 1.85 bits per heavy atom. The highest BCUT2D eigenvalue weighted by molar-refractivity contribution is 5.85. The van der Waals surface area contributed by atoms with Gasteiger partial charge in [-0.3, -0.25) is 9.55 Å². The van der Waals surface area contributed by atoms with Crippen LogP contribution in [0.2, 0.25) is 0 Å². The normalized spacial score (nSPS) is 15.7. The minimum Gasteiger partial charge on any atom is -0.497 e. The zero-order valence-corrected chi connectivity index (χ0v) is 14.8. The largest absolute Gasteiger partial charge is 0.497 e. The van der Waals surface area contributed by atoms with Crippen LogP contribution >= 0.6 is 0 Å². The van der Waals surface area contributed by atoms with Gasteiger partial charge in [-0.05, 0) is 48.0 Å². The van der Waals surface area contributed by atoms with Crippen LogP contribution in [0.1, 0.15) is 17.2 Å². The van der Waals surface area contributed by atoms with Crippen LogP contribution in [0.4, 0.5) is 5.95 Å². The highest BCUT2D eigenvalue weighted by Crippen LogP contribution is 2.37. The number of allylic oxidation sites excluding steroid dienone is 1. The van der Waals surface area contributed by atoms with Crippen LogP contribution in [0.25, 0.3) is 16.7 Å². The Morgan fingerprint density at radius 3 is 2.63 bits per heavy atom. The molecular weight excluding hydrogens is 336 g/mol. The number of hydrogen-bond donors (Lipinski definition) is 1. The monoisotopic (exact) mass is 354 g/mol. The van der Waals surface area contributed by atoms with Crippen LogP contribution in [-0.2, 0) is 0 Å². The Balaban J connectivity index is 1.70. The second-order valence-corrected chi connectivity index (χ2v) is 6.46. The standard InChI is InChI=1S/C22H18N4O/c1-27-17-10-8-15(9-11-17)21-13-19(16-5-4-12-23-14-16)25-22-24-18-6-2-3-7-20(18)26(21)22/h2-14,21H,1H3,(H,24,25)/t21-/m1/s1. The number of hydrogen-bond acceptors (Lipinski definition) is 4. The minimum atomic E-state index is 0.0229. The molecule has 1 atom stereocenters. The van der Waals surface area contributed by atoms with E-state index < -0.39 is 0 Å². The Morgan fingerprint density at radius 1 is 1.00 bits per heavy atom. The number of rotatable bonds is 3. The number of nitrogens with one attached hydrogen (secondary N) is 1. The summed E-state index contributed by atoms with van der Waals surface area (Å²) < 4.78 is 7.55. The van der Waals surface area contributed by atoms with Gasteiger partial charge in [0, 0.05) is 23.7 Å². The molecule has 0 unspecified atom stereocenters. The molecule has 1 aliphatic rings. The zero-order valence-electron chi connectivity index (χ0n) is 14.8. The molecule has 0 spiro atoms. The Hall–Kier alpha value is -3.60. The molecule has 1 N–H and O–H groups in total. The van der Waals surface area contributed by atoms with Crippen molar-refractivity contribution in [2.75, 3.05) is 12.4 Å². The predicted molar refractivity (Wildman–Crippen MR) is 107 cm³/mol. The topological polar surface area (TPSA) is 52.0 Å². The summed E-state index contributed by atoms with van der Waals surface area (Å²) in [4.78, 5) is 9.06. The van der Waals surface area contributed by atoms with Gasteiger partial charge in [-0.2, -0.15) is 0 Å². The van der Waals surface area contributed by atoms with Crippen molar-refractivity contribution in [3.8, 4) is 5.75 Å². The maximum absolute atomic E-state index is 5.32. The summed E-state index contributed by atoms with van der Waals surface area (Å²) in [5.74, 6) is 1.68. The number of nitrogens with zero attached hydrogens (tertiary/aromatic N) is 3. The number of fused-ring (bicyclic) bond motifs is 3. The van der Waals surface area contributed by atoms with Gasteiger partial charge in [0.05, 0.1) is 24.2 Å². The van der Waals surface area contributed by atoms with Crippen molar-refractivity contribution in [1.29, 1.82) is 0 Å². The van der Waals surface area contributed by atoms with Crippen LogP contribution in [-0.4, -0.2) is 21.6 Å². The molecule has 4 aromatic rings. The fraction of sp³-hybridized carbons (Fsp3) is 0.0909. The van der Waals surface area contributed by atoms with E-state index in [9.17, 15) is 0 Å². The lowest BCUT2D eigenvalue weighted by Crippen LogP contribution is -2.19. The van der Waals surface area contributed by atoms with Gasteiger partial charge >= 0.3 is 0 Å². The first kappa shape index (κ1) is 15.6. The van der Waals surface area contributed by atoms with E-state index in [-0.39, 0.29) is 6.04 Å². The van der Waals surface area contributed by atoms with Crippen LogP contribution < -0.4 is 10.1 Å². The molecule has 132 valence electrons. The Bertz CT molecular complexity index is 1130. The first-order valence-corrected chi connectivity index (χ1v) is 8.83. The lowest BCUT2D eigenvalue weighted by molar-refractivity contribution is 0.414. The molecule has 2 aromatic heterocycles. The van der Waals surface area contributed by atoms with E-state index >= 15 is 0 Å². The second-order valence-electron chi connectivity index (χ2n) is 6.46. The molecule has 2 aromatic carbocycles. The fourth-order valence-electron chi connectivity index (χ4n) is 3.55. The predicted octanol–water partition coefficient (Wildman–Crippen LogP) is 4.50. The van der Waals surface area contributed by atoms with Crippen LogP contribution in [0.5, 0.6) is 5.75 Å². The molecule has 3 heterocycles. The van der Waals surface area contributed by atoms with E-state index in [2.05, 4.69) is 45.2 Å². The lowest BCUT2D eigenvalue weighted by atomic mass is 10.0. The van der Waals surface area contributed by atoms with Gasteiger partial charge in [-0.1, -0.05) is 24.3 Å². The molecular formula is C22H18N4O. The second kappa shape index (κ2) is 6.29. The van der Waals surface area contributed by atoms with Gasteiger partial charge < -0.3 is 10.1 Å². The average molecular weight is 354 g/mol. The Kier molecular flexibility index (Phi) is 3.64. The zero-order chi connectivity index (χ0) is 18.2. The number of pyridine rings is 1. The molecule has 0 aliphatic carbocycles. The van der Waals surface area contributed by atoms with Gasteiger partial charge in [0.25, 0.3) is 0 Å². The van der Waals surface area contributed by atoms with Crippen LogP contribution in [0.3, 0.4) is 0 Å². The molecule has 5 nitrogen and oxygen atoms in total. The van der Waals surface area contributed by atoms with Gasteiger partial charge in [0.2, 0.25) is 5.95 Å². The van der Waals surface area contributed by atoms with Crippen LogP contribution in [0, 0.1) is 0 Å². The number of imidazole rings is 1. The summed E-state index contributed by atoms with van der Waals surface area (Å²) in [7, 11) is 1.68. The van der Waals surface area contributed by atoms with Crippen molar-refractivity contribution in [3.63, 3.8) is 0 Å². The third-order valence-corrected chi connectivity index (χ3v) is 4.87. The third kappa shape index (κ3) is 2.64. The molecule has 27 heavy (non-hydrogen) atoms. The van der Waals surface area contributed by atoms with Crippen molar-refractivity contribution < 1.29 is 4.74 Å². The molecule has 0 fully saturated rings. The number of para-hydroxylation sites is 2. The highest BCUT2D eigenvalue weighted by Gasteiger charge is 2.25. The van der Waals surface area contributed by atoms with Gasteiger partial charge in [0.15, 0.2) is 0 Å². The van der Waals surface area contributed by atoms with Crippen molar-refractivity contribution in [2.24, 2.45) is 0 Å². The van der Waals surface area contributed by atoms with Gasteiger partial charge in [0.1, 0.15) is 5.75 Å². The molecule has 1 aliphatic heterocycles. The molecule has 0 radical (unpaired) electrons. The highest BCUT2D eigenvalue weighted by atomic mass is 16.5. The Labute approximate surface area is 157 Å².